The Balaban J connectivity index is 0.00000141. The van der Waals surface area contributed by atoms with Gasteiger partial charge in [-0.1, -0.05) is 37.6 Å². The number of hydrogen-bond donors (Lipinski definition) is 0. The predicted molar refractivity (Wildman–Crippen MR) is 131 cm³/mol. The van der Waals surface area contributed by atoms with Crippen molar-refractivity contribution in [1.29, 1.82) is 0 Å². The number of carbonyl (C=O) groups is 1. The van der Waals surface area contributed by atoms with Crippen LogP contribution in [0.25, 0.3) is 0 Å². The molecule has 1 fully saturated rings. The molecule has 0 spiro atoms. The maximum Gasteiger partial charge on any atom is 0.300 e. The number of thioether (sulfide) groups is 1. The largest absolute Gasteiger partial charge is 0.420 e. The average molecular weight is 434 g/mol. The minimum atomic E-state index is -0.138. The first-order valence-corrected chi connectivity index (χ1v) is 12.1. The van der Waals surface area contributed by atoms with Crippen LogP contribution in [0, 0.1) is 11.8 Å². The third-order valence-corrected chi connectivity index (χ3v) is 4.91. The molecule has 0 aromatic heterocycles. The fraction of sp³-hybridized carbons (Fsp3) is 0.583. The van der Waals surface area contributed by atoms with Crippen LogP contribution in [0.1, 0.15) is 41.0 Å². The summed E-state index contributed by atoms with van der Waals surface area (Å²) >= 11 is 1.75. The Labute approximate surface area is 187 Å². The number of ether oxygens (including phenoxy) is 1. The third-order valence-electron chi connectivity index (χ3n) is 4.91. The van der Waals surface area contributed by atoms with E-state index in [0.717, 1.165) is 6.42 Å². The third kappa shape index (κ3) is 6.53. The molecule has 1 aliphatic heterocycles. The van der Waals surface area contributed by atoms with Gasteiger partial charge in [0.1, 0.15) is 0 Å². The van der Waals surface area contributed by atoms with E-state index in [0.29, 0.717) is 17.7 Å². The maximum atomic E-state index is 12.6. The number of aliphatic imine (C=N–C) groups is 1. The van der Waals surface area contributed by atoms with E-state index in [1.807, 2.05) is 32.4 Å². The van der Waals surface area contributed by atoms with Gasteiger partial charge in [-0.15, -0.1) is 0 Å². The number of hydrogen-bond acceptors (Lipinski definition) is 5. The molecular formula is C24H39N3O2S. The van der Waals surface area contributed by atoms with Gasteiger partial charge in [0.25, 0.3) is 11.9 Å². The second kappa shape index (κ2) is 12.0. The van der Waals surface area contributed by atoms with E-state index in [4.69, 9.17) is 4.74 Å². The zero-order valence-corrected chi connectivity index (χ0v) is 21.1. The number of rotatable bonds is 5. The lowest BCUT2D eigenvalue weighted by molar-refractivity contribution is -0.122. The molecule has 2 atom stereocenters. The first-order valence-electron chi connectivity index (χ1n) is 10.5. The van der Waals surface area contributed by atoms with Crippen molar-refractivity contribution < 1.29 is 9.53 Å². The molecule has 6 heteroatoms. The van der Waals surface area contributed by atoms with Gasteiger partial charge >= 0.3 is 0 Å². The zero-order chi connectivity index (χ0) is 23.0. The summed E-state index contributed by atoms with van der Waals surface area (Å²) in [5.74, 6) is 0.719. The lowest BCUT2D eigenvalue weighted by Gasteiger charge is -2.29. The predicted octanol–water partition coefficient (Wildman–Crippen LogP) is 5.10. The molecule has 1 saturated heterocycles. The van der Waals surface area contributed by atoms with Crippen molar-refractivity contribution >= 4 is 23.7 Å². The summed E-state index contributed by atoms with van der Waals surface area (Å²) in [5.41, 5.74) is 3.76. The van der Waals surface area contributed by atoms with Crippen LogP contribution in [-0.4, -0.2) is 61.4 Å². The van der Waals surface area contributed by atoms with Crippen molar-refractivity contribution in [2.24, 2.45) is 16.8 Å². The Morgan fingerprint density at radius 2 is 1.93 bits per heavy atom. The summed E-state index contributed by atoms with van der Waals surface area (Å²) in [6, 6.07) is 0.448. The van der Waals surface area contributed by atoms with Crippen LogP contribution < -0.4 is 0 Å². The molecule has 2 rings (SSSR count). The second-order valence-corrected chi connectivity index (χ2v) is 8.99. The molecule has 30 heavy (non-hydrogen) atoms. The van der Waals surface area contributed by atoms with E-state index in [2.05, 4.69) is 63.0 Å². The van der Waals surface area contributed by atoms with E-state index in [9.17, 15) is 4.79 Å². The summed E-state index contributed by atoms with van der Waals surface area (Å²) in [5, 5.41) is 0. The number of likely N-dealkylation sites (N-methyl/N-ethyl adjacent to an activating group) is 2. The normalized spacial score (nSPS) is 23.2. The molecule has 0 saturated carbocycles. The molecule has 1 aliphatic carbocycles. The van der Waals surface area contributed by atoms with Crippen LogP contribution in [0.3, 0.4) is 0 Å². The van der Waals surface area contributed by atoms with Gasteiger partial charge in [-0.3, -0.25) is 9.69 Å². The fourth-order valence-electron chi connectivity index (χ4n) is 3.68. The van der Waals surface area contributed by atoms with Gasteiger partial charge < -0.3 is 9.64 Å². The van der Waals surface area contributed by atoms with E-state index in [1.54, 1.807) is 18.8 Å². The van der Waals surface area contributed by atoms with Crippen LogP contribution in [0.2, 0.25) is 0 Å². The monoisotopic (exact) mass is 433 g/mol. The molecule has 0 aromatic carbocycles. The summed E-state index contributed by atoms with van der Waals surface area (Å²) in [6.45, 7) is 10.4. The van der Waals surface area contributed by atoms with E-state index in [-0.39, 0.29) is 17.9 Å². The number of nitrogens with zero attached hydrogens (tertiary/aromatic N) is 3. The topological polar surface area (TPSA) is 45.1 Å². The number of carbonyl (C=O) groups excluding carboxylic acids is 1. The summed E-state index contributed by atoms with van der Waals surface area (Å²) in [6.07, 6.45) is 13.6. The SMILES string of the molecule is C/C=C(\C1=C(C(C)/C=C2/OC(=NC(C)C)N(C)C2=O)C(C)CC=C1)N(C)C.CSC. The zero-order valence-electron chi connectivity index (χ0n) is 20.3. The number of amides is 1. The van der Waals surface area contributed by atoms with Gasteiger partial charge in [-0.05, 0) is 57.3 Å². The molecule has 1 heterocycles. The molecule has 0 N–H and O–H groups in total. The first kappa shape index (κ1) is 26.1. The van der Waals surface area contributed by atoms with E-state index >= 15 is 0 Å². The van der Waals surface area contributed by atoms with Gasteiger partial charge in [0.2, 0.25) is 0 Å². The lowest BCUT2D eigenvalue weighted by atomic mass is 9.79. The van der Waals surface area contributed by atoms with Crippen LogP contribution in [-0.2, 0) is 9.53 Å². The first-order chi connectivity index (χ1) is 14.1. The van der Waals surface area contributed by atoms with Gasteiger partial charge in [0, 0.05) is 38.8 Å². The highest BCUT2D eigenvalue weighted by molar-refractivity contribution is 7.97. The van der Waals surface area contributed by atoms with E-state index < -0.39 is 0 Å². The van der Waals surface area contributed by atoms with Gasteiger partial charge in [-0.25, -0.2) is 4.99 Å². The average Bonchev–Trinajstić information content (AvgIpc) is 2.90. The Morgan fingerprint density at radius 3 is 2.43 bits per heavy atom. The summed E-state index contributed by atoms with van der Waals surface area (Å²) < 4.78 is 5.78. The van der Waals surface area contributed by atoms with E-state index in [1.165, 1.54) is 21.7 Å². The molecule has 0 bridgehead atoms. The van der Waals surface area contributed by atoms with Crippen LogP contribution in [0.5, 0.6) is 0 Å². The van der Waals surface area contributed by atoms with Crippen LogP contribution in [0.15, 0.2) is 51.9 Å². The standard InChI is InChI=1S/C22H33N3O2.C2H6S/c1-9-18(24(6)7)17-12-10-11-15(4)20(17)16(5)13-19-21(26)25(8)22(27-19)23-14(2)3;1-3-2/h9-10,12-16H,11H2,1-8H3;1-2H3/b18-9+,19-13+,23-22?;. The van der Waals surface area contributed by atoms with Gasteiger partial charge in [-0.2, -0.15) is 11.8 Å². The lowest BCUT2D eigenvalue weighted by Crippen LogP contribution is -2.25. The summed E-state index contributed by atoms with van der Waals surface area (Å²) in [7, 11) is 5.82. The van der Waals surface area contributed by atoms with Crippen molar-refractivity contribution in [3.63, 3.8) is 0 Å². The van der Waals surface area contributed by atoms with Crippen LogP contribution >= 0.6 is 11.8 Å². The number of amidine groups is 1. The Kier molecular flexibility index (Phi) is 10.5. The Hall–Kier alpha value is -1.95. The smallest absolute Gasteiger partial charge is 0.300 e. The molecular weight excluding hydrogens is 394 g/mol. The molecule has 0 aromatic rings. The van der Waals surface area contributed by atoms with Crippen molar-refractivity contribution in [3.8, 4) is 0 Å². The summed E-state index contributed by atoms with van der Waals surface area (Å²) in [4.78, 5) is 20.6. The molecule has 1 amide bonds. The highest BCUT2D eigenvalue weighted by Gasteiger charge is 2.33. The van der Waals surface area contributed by atoms with Crippen molar-refractivity contribution in [1.82, 2.24) is 9.80 Å². The quantitative estimate of drug-likeness (QED) is 0.566. The highest BCUT2D eigenvalue weighted by Crippen LogP contribution is 2.36. The molecule has 168 valence electrons. The Bertz CT molecular complexity index is 760. The maximum absolute atomic E-state index is 12.6. The molecule has 5 nitrogen and oxygen atoms in total. The molecule has 0 radical (unpaired) electrons. The second-order valence-electron chi connectivity index (χ2n) is 8.18. The van der Waals surface area contributed by atoms with Crippen molar-refractivity contribution in [2.75, 3.05) is 33.7 Å². The van der Waals surface area contributed by atoms with Gasteiger partial charge in [0.05, 0.1) is 0 Å². The van der Waals surface area contributed by atoms with Crippen molar-refractivity contribution in [2.45, 2.75) is 47.1 Å². The minimum Gasteiger partial charge on any atom is -0.420 e. The molecule has 2 aliphatic rings. The van der Waals surface area contributed by atoms with Gasteiger partial charge in [0.15, 0.2) is 5.76 Å². The van der Waals surface area contributed by atoms with Crippen LogP contribution in [0.4, 0.5) is 0 Å². The fourth-order valence-corrected chi connectivity index (χ4v) is 3.68. The highest BCUT2D eigenvalue weighted by atomic mass is 32.2. The Morgan fingerprint density at radius 1 is 1.33 bits per heavy atom. The molecule has 2 unspecified atom stereocenters. The minimum absolute atomic E-state index is 0.0715. The number of allylic oxidation sites excluding steroid dienone is 5. The van der Waals surface area contributed by atoms with Crippen molar-refractivity contribution in [3.05, 3.63) is 46.9 Å².